The zero-order chi connectivity index (χ0) is 22.7. The third-order valence-electron chi connectivity index (χ3n) is 4.56. The van der Waals surface area contributed by atoms with Crippen LogP contribution in [0.15, 0.2) is 77.7 Å². The predicted octanol–water partition coefficient (Wildman–Crippen LogP) is 6.45. The highest BCUT2D eigenvalue weighted by Gasteiger charge is 2.35. The Hall–Kier alpha value is -3.06. The van der Waals surface area contributed by atoms with Gasteiger partial charge in [0.05, 0.1) is 22.0 Å². The van der Waals surface area contributed by atoms with Gasteiger partial charge in [0.25, 0.3) is 11.1 Å². The molecular weight excluding hydrogens is 469 g/mol. The summed E-state index contributed by atoms with van der Waals surface area (Å²) in [6.07, 6.45) is 1.59. The molecule has 32 heavy (non-hydrogen) atoms. The Morgan fingerprint density at radius 3 is 2.53 bits per heavy atom. The van der Waals surface area contributed by atoms with Crippen LogP contribution in [0.25, 0.3) is 6.08 Å². The Balaban J connectivity index is 1.50. The first-order valence-corrected chi connectivity index (χ1v) is 11.0. The lowest BCUT2D eigenvalue weighted by molar-refractivity contribution is -0.123. The van der Waals surface area contributed by atoms with Crippen molar-refractivity contribution < 1.29 is 19.1 Å². The quantitative estimate of drug-likeness (QED) is 0.237. The second-order valence-corrected chi connectivity index (χ2v) is 8.68. The normalized spacial score (nSPS) is 14.8. The Morgan fingerprint density at radius 2 is 1.75 bits per heavy atom. The lowest BCUT2D eigenvalue weighted by Gasteiger charge is -2.12. The summed E-state index contributed by atoms with van der Waals surface area (Å²) in [5, 5.41) is 0.470. The lowest BCUT2D eigenvalue weighted by Crippen LogP contribution is -2.27. The minimum atomic E-state index is -0.588. The molecule has 1 fully saturated rings. The zero-order valence-corrected chi connectivity index (χ0v) is 18.8. The van der Waals surface area contributed by atoms with E-state index in [2.05, 4.69) is 0 Å². The fraction of sp³-hybridized carbons (Fsp3) is 0.0417. The SMILES string of the molecule is O=C(Oc1cccc(/C=C2\SC(=O)N(Cc3cccc(Cl)c3)C2=O)c1)c1ccccc1Cl. The number of carbonyl (C=O) groups is 3. The summed E-state index contributed by atoms with van der Waals surface area (Å²) in [5.74, 6) is -0.685. The maximum absolute atomic E-state index is 12.8. The van der Waals surface area contributed by atoms with Crippen molar-refractivity contribution in [3.05, 3.63) is 104 Å². The third-order valence-corrected chi connectivity index (χ3v) is 6.04. The summed E-state index contributed by atoms with van der Waals surface area (Å²) in [6.45, 7) is 0.137. The van der Waals surface area contributed by atoms with E-state index in [1.807, 2.05) is 0 Å². The van der Waals surface area contributed by atoms with E-state index in [-0.39, 0.29) is 22.3 Å². The van der Waals surface area contributed by atoms with Crippen molar-refractivity contribution >= 4 is 58.2 Å². The summed E-state index contributed by atoms with van der Waals surface area (Å²) >= 11 is 12.9. The van der Waals surface area contributed by atoms with Crippen LogP contribution in [0.4, 0.5) is 4.79 Å². The summed E-state index contributed by atoms with van der Waals surface area (Å²) in [7, 11) is 0. The molecular formula is C24H15Cl2NO4S. The highest BCUT2D eigenvalue weighted by atomic mass is 35.5. The molecule has 0 spiro atoms. The lowest BCUT2D eigenvalue weighted by atomic mass is 10.2. The second-order valence-electron chi connectivity index (χ2n) is 6.84. The first-order valence-electron chi connectivity index (χ1n) is 9.47. The van der Waals surface area contributed by atoms with Crippen LogP contribution in [-0.2, 0) is 11.3 Å². The van der Waals surface area contributed by atoms with E-state index in [9.17, 15) is 14.4 Å². The molecule has 3 aromatic rings. The number of hydrogen-bond donors (Lipinski definition) is 0. The van der Waals surface area contributed by atoms with E-state index in [1.165, 1.54) is 4.90 Å². The number of carbonyl (C=O) groups excluding carboxylic acids is 3. The Morgan fingerprint density at radius 1 is 0.969 bits per heavy atom. The molecule has 1 aliphatic heterocycles. The van der Waals surface area contributed by atoms with Gasteiger partial charge < -0.3 is 4.74 Å². The van der Waals surface area contributed by atoms with Gasteiger partial charge in [-0.1, -0.05) is 59.6 Å². The highest BCUT2D eigenvalue weighted by molar-refractivity contribution is 8.18. The van der Waals surface area contributed by atoms with Crippen molar-refractivity contribution in [3.63, 3.8) is 0 Å². The smallest absolute Gasteiger partial charge is 0.345 e. The molecule has 0 aliphatic carbocycles. The van der Waals surface area contributed by atoms with Crippen LogP contribution in [0.2, 0.25) is 10.0 Å². The molecule has 2 amide bonds. The van der Waals surface area contributed by atoms with E-state index in [0.717, 1.165) is 17.3 Å². The van der Waals surface area contributed by atoms with Crippen molar-refractivity contribution in [1.29, 1.82) is 0 Å². The number of amides is 2. The minimum absolute atomic E-state index is 0.137. The summed E-state index contributed by atoms with van der Waals surface area (Å²) < 4.78 is 5.41. The monoisotopic (exact) mass is 483 g/mol. The average molecular weight is 484 g/mol. The van der Waals surface area contributed by atoms with Crippen LogP contribution in [0.3, 0.4) is 0 Å². The van der Waals surface area contributed by atoms with Gasteiger partial charge in [-0.3, -0.25) is 14.5 Å². The fourth-order valence-corrected chi connectivity index (χ4v) is 4.33. The number of esters is 1. The molecule has 0 saturated carbocycles. The molecule has 1 heterocycles. The topological polar surface area (TPSA) is 63.7 Å². The fourth-order valence-electron chi connectivity index (χ4n) is 3.06. The Labute approximate surface area is 198 Å². The third kappa shape index (κ3) is 5.05. The Bertz CT molecular complexity index is 1260. The number of hydrogen-bond acceptors (Lipinski definition) is 5. The summed E-state index contributed by atoms with van der Waals surface area (Å²) in [6, 6.07) is 20.3. The number of ether oxygens (including phenoxy) is 1. The molecule has 1 saturated heterocycles. The average Bonchev–Trinajstić information content (AvgIpc) is 3.01. The van der Waals surface area contributed by atoms with E-state index in [1.54, 1.807) is 78.9 Å². The molecule has 8 heteroatoms. The van der Waals surface area contributed by atoms with Crippen molar-refractivity contribution in [2.75, 3.05) is 0 Å². The molecule has 1 aliphatic rings. The van der Waals surface area contributed by atoms with Crippen molar-refractivity contribution in [1.82, 2.24) is 4.90 Å². The van der Waals surface area contributed by atoms with Gasteiger partial charge in [-0.2, -0.15) is 0 Å². The highest BCUT2D eigenvalue weighted by Crippen LogP contribution is 2.34. The number of benzene rings is 3. The molecule has 160 valence electrons. The molecule has 0 aromatic heterocycles. The van der Waals surface area contributed by atoms with E-state index in [4.69, 9.17) is 27.9 Å². The number of imide groups is 1. The van der Waals surface area contributed by atoms with Gasteiger partial charge in [0, 0.05) is 5.02 Å². The van der Waals surface area contributed by atoms with Crippen LogP contribution in [0.1, 0.15) is 21.5 Å². The maximum atomic E-state index is 12.8. The van der Waals surface area contributed by atoms with E-state index < -0.39 is 11.9 Å². The van der Waals surface area contributed by atoms with Crippen molar-refractivity contribution in [2.24, 2.45) is 0 Å². The first-order chi connectivity index (χ1) is 15.4. The standard InChI is InChI=1S/C24H15Cl2NO4S/c25-17-7-3-6-16(11-17)14-27-22(28)21(32-24(27)30)13-15-5-4-8-18(12-15)31-23(29)19-9-1-2-10-20(19)26/h1-13H,14H2/b21-13-. The molecule has 0 unspecified atom stereocenters. The van der Waals surface area contributed by atoms with Gasteiger partial charge in [0.15, 0.2) is 0 Å². The van der Waals surface area contributed by atoms with Gasteiger partial charge in [0.1, 0.15) is 5.75 Å². The summed E-state index contributed by atoms with van der Waals surface area (Å²) in [5.41, 5.74) is 1.62. The first kappa shape index (κ1) is 22.1. The molecule has 0 N–H and O–H groups in total. The Kier molecular flexibility index (Phi) is 6.65. The van der Waals surface area contributed by atoms with Crippen LogP contribution in [0, 0.1) is 0 Å². The number of halogens is 2. The van der Waals surface area contributed by atoms with E-state index >= 15 is 0 Å². The van der Waals surface area contributed by atoms with Crippen molar-refractivity contribution in [3.8, 4) is 5.75 Å². The van der Waals surface area contributed by atoms with Crippen LogP contribution in [-0.4, -0.2) is 22.0 Å². The maximum Gasteiger partial charge on any atom is 0.345 e. The van der Waals surface area contributed by atoms with Gasteiger partial charge >= 0.3 is 5.97 Å². The molecule has 0 bridgehead atoms. The molecule has 0 atom stereocenters. The van der Waals surface area contributed by atoms with Gasteiger partial charge in [-0.15, -0.1) is 0 Å². The largest absolute Gasteiger partial charge is 0.423 e. The minimum Gasteiger partial charge on any atom is -0.423 e. The van der Waals surface area contributed by atoms with Gasteiger partial charge in [-0.25, -0.2) is 4.79 Å². The number of rotatable bonds is 5. The van der Waals surface area contributed by atoms with Crippen LogP contribution < -0.4 is 4.74 Å². The van der Waals surface area contributed by atoms with Gasteiger partial charge in [0.2, 0.25) is 0 Å². The van der Waals surface area contributed by atoms with Crippen LogP contribution >= 0.6 is 35.0 Å². The second kappa shape index (κ2) is 9.61. The number of nitrogens with zero attached hydrogens (tertiary/aromatic N) is 1. The van der Waals surface area contributed by atoms with Crippen molar-refractivity contribution in [2.45, 2.75) is 6.54 Å². The number of thioether (sulfide) groups is 1. The van der Waals surface area contributed by atoms with Gasteiger partial charge in [-0.05, 0) is 65.4 Å². The molecule has 3 aromatic carbocycles. The van der Waals surface area contributed by atoms with Crippen LogP contribution in [0.5, 0.6) is 5.75 Å². The molecule has 5 nitrogen and oxygen atoms in total. The van der Waals surface area contributed by atoms with E-state index in [0.29, 0.717) is 21.4 Å². The zero-order valence-electron chi connectivity index (χ0n) is 16.5. The summed E-state index contributed by atoms with van der Waals surface area (Å²) in [4.78, 5) is 39.0. The molecule has 4 rings (SSSR count). The predicted molar refractivity (Wildman–Crippen MR) is 126 cm³/mol. The molecule has 0 radical (unpaired) electrons.